The number of amides is 4. The van der Waals surface area contributed by atoms with Crippen molar-refractivity contribution in [2.45, 2.75) is 83.6 Å². The summed E-state index contributed by atoms with van der Waals surface area (Å²) in [5.41, 5.74) is 12.0. The van der Waals surface area contributed by atoms with Gasteiger partial charge in [-0.15, -0.1) is 0 Å². The van der Waals surface area contributed by atoms with E-state index in [1.807, 2.05) is 50.7 Å². The number of nitrogens with one attached hydrogen (secondary N) is 2. The van der Waals surface area contributed by atoms with Gasteiger partial charge in [0.15, 0.2) is 0 Å². The molecule has 0 radical (unpaired) electrons. The highest BCUT2D eigenvalue weighted by Gasteiger charge is 2.43. The highest BCUT2D eigenvalue weighted by atomic mass is 16.2. The molecule has 0 unspecified atom stereocenters. The number of fused-ring (bicyclic) bond motifs is 2. The SMILES string of the molecule is Cc1ccc(N)cc1C(=O)N[C@H](C)c1ccc(C#CC2CCN(CC3CCN(C(=O)C4CCN(c5ccc6c([C@@]7(C)CCC(=O)NC7=O)nn(C)c6c5)CC4)CC3)CC2)c2ccccc12. The van der Waals surface area contributed by atoms with Crippen molar-refractivity contribution in [1.29, 1.82) is 0 Å². The zero-order valence-corrected chi connectivity index (χ0v) is 38.3. The summed E-state index contributed by atoms with van der Waals surface area (Å²) in [6.07, 6.45) is 6.65. The van der Waals surface area contributed by atoms with E-state index >= 15 is 0 Å². The number of nitrogen functional groups attached to an aromatic ring is 1. The van der Waals surface area contributed by atoms with Crippen molar-refractivity contribution in [1.82, 2.24) is 30.2 Å². The largest absolute Gasteiger partial charge is 0.399 e. The summed E-state index contributed by atoms with van der Waals surface area (Å²) in [6, 6.07) is 24.1. The van der Waals surface area contributed by atoms with Crippen LogP contribution in [0.5, 0.6) is 0 Å². The molecule has 4 saturated heterocycles. The number of carbonyl (C=O) groups is 4. The average Bonchev–Trinajstić information content (AvgIpc) is 3.66. The first-order valence-corrected chi connectivity index (χ1v) is 23.6. The van der Waals surface area contributed by atoms with Crippen molar-refractivity contribution in [2.75, 3.05) is 56.4 Å². The minimum Gasteiger partial charge on any atom is -0.399 e. The molecule has 2 atom stereocenters. The van der Waals surface area contributed by atoms with Crippen molar-refractivity contribution in [3.63, 3.8) is 0 Å². The molecule has 5 aromatic rings. The first-order chi connectivity index (χ1) is 31.3. The standard InChI is InChI=1S/C53H62N8O4/c1-34-9-13-40(54)31-46(34)50(63)55-35(2)42-15-12-38(43-7-5-6-8-44(42)43)11-10-36-18-25-59(26-19-36)33-37-20-27-61(28-21-37)51(64)39-22-29-60(30-23-39)41-14-16-45-47(32-41)58(4)57-49(45)53(3)24-17-48(62)56-52(53)65/h5-9,12-16,31-32,35-37,39H,17-30,33,54H2,1-4H3,(H,55,63)(H,56,62,65)/t35-,53-/m1/s1. The lowest BCUT2D eigenvalue weighted by Crippen LogP contribution is -2.50. The number of carbonyl (C=O) groups excluding carboxylic acids is 4. The van der Waals surface area contributed by atoms with Crippen LogP contribution in [-0.2, 0) is 26.8 Å². The van der Waals surface area contributed by atoms with Crippen LogP contribution >= 0.6 is 0 Å². The van der Waals surface area contributed by atoms with Gasteiger partial charge in [-0.05, 0) is 143 Å². The van der Waals surface area contributed by atoms with Gasteiger partial charge in [0.1, 0.15) is 0 Å². The van der Waals surface area contributed by atoms with E-state index in [4.69, 9.17) is 10.8 Å². The Bertz CT molecular complexity index is 2710. The van der Waals surface area contributed by atoms with Crippen LogP contribution in [0.4, 0.5) is 11.4 Å². The van der Waals surface area contributed by atoms with Crippen LogP contribution < -0.4 is 21.3 Å². The number of benzene rings is 4. The van der Waals surface area contributed by atoms with Gasteiger partial charge in [-0.1, -0.05) is 48.2 Å². The van der Waals surface area contributed by atoms with E-state index in [2.05, 4.69) is 85.7 Å². The molecule has 4 aliphatic heterocycles. The summed E-state index contributed by atoms with van der Waals surface area (Å²) in [5.74, 6) is 7.85. The molecule has 5 heterocycles. The molecule has 0 aliphatic carbocycles. The van der Waals surface area contributed by atoms with Gasteiger partial charge in [0.25, 0.3) is 5.91 Å². The Kier molecular flexibility index (Phi) is 12.4. The second kappa shape index (κ2) is 18.4. The lowest BCUT2D eigenvalue weighted by Gasteiger charge is -2.39. The maximum Gasteiger partial charge on any atom is 0.252 e. The van der Waals surface area contributed by atoms with Crippen molar-refractivity contribution in [3.05, 3.63) is 101 Å². The molecule has 4 aromatic carbocycles. The Morgan fingerprint density at radius 1 is 0.892 bits per heavy atom. The van der Waals surface area contributed by atoms with E-state index < -0.39 is 5.41 Å². The van der Waals surface area contributed by atoms with Gasteiger partial charge in [-0.2, -0.15) is 5.10 Å². The number of aryl methyl sites for hydroxylation is 2. The van der Waals surface area contributed by atoms with Crippen molar-refractivity contribution >= 4 is 56.7 Å². The van der Waals surface area contributed by atoms with Crippen LogP contribution in [-0.4, -0.2) is 89.0 Å². The predicted molar refractivity (Wildman–Crippen MR) is 256 cm³/mol. The third kappa shape index (κ3) is 9.08. The second-order valence-electron chi connectivity index (χ2n) is 19.3. The number of nitrogens with two attached hydrogens (primary N) is 1. The fourth-order valence-electron chi connectivity index (χ4n) is 10.7. The van der Waals surface area contributed by atoms with Gasteiger partial charge >= 0.3 is 0 Å². The lowest BCUT2D eigenvalue weighted by atomic mass is 9.77. The lowest BCUT2D eigenvalue weighted by molar-refractivity contribution is -0.138. The third-order valence-corrected chi connectivity index (χ3v) is 14.9. The van der Waals surface area contributed by atoms with Gasteiger partial charge < -0.3 is 25.8 Å². The van der Waals surface area contributed by atoms with E-state index in [0.29, 0.717) is 47.5 Å². The van der Waals surface area contributed by atoms with E-state index in [1.165, 1.54) is 0 Å². The average molecular weight is 875 g/mol. The topological polar surface area (TPSA) is 146 Å². The number of hydrogen-bond acceptors (Lipinski definition) is 8. The minimum atomic E-state index is -0.855. The first kappa shape index (κ1) is 44.0. The summed E-state index contributed by atoms with van der Waals surface area (Å²) >= 11 is 0. The number of piperidine rings is 4. The number of anilines is 2. The summed E-state index contributed by atoms with van der Waals surface area (Å²) in [6.45, 7) is 12.3. The molecule has 4 fully saturated rings. The summed E-state index contributed by atoms with van der Waals surface area (Å²) < 4.78 is 1.84. The number of likely N-dealkylation sites (tertiary alicyclic amines) is 2. The Hall–Kier alpha value is -6.19. The third-order valence-electron chi connectivity index (χ3n) is 14.9. The maximum absolute atomic E-state index is 13.8. The Morgan fingerprint density at radius 3 is 2.37 bits per heavy atom. The first-order valence-electron chi connectivity index (χ1n) is 23.6. The van der Waals surface area contributed by atoms with Gasteiger partial charge in [0.05, 0.1) is 22.7 Å². The highest BCUT2D eigenvalue weighted by molar-refractivity contribution is 6.05. The fraction of sp³-hybridized carbons (Fsp3) is 0.453. The van der Waals surface area contributed by atoms with Gasteiger partial charge in [0.2, 0.25) is 17.7 Å². The number of nitrogens with zero attached hydrogens (tertiary/aromatic N) is 5. The number of hydrogen-bond donors (Lipinski definition) is 3. The van der Waals surface area contributed by atoms with Crippen molar-refractivity contribution in [3.8, 4) is 11.8 Å². The zero-order chi connectivity index (χ0) is 45.4. The van der Waals surface area contributed by atoms with Crippen LogP contribution in [0.1, 0.15) is 104 Å². The molecule has 12 nitrogen and oxygen atoms in total. The Morgan fingerprint density at radius 2 is 1.63 bits per heavy atom. The number of imide groups is 1. The molecular formula is C53H62N8O4. The molecular weight excluding hydrogens is 813 g/mol. The van der Waals surface area contributed by atoms with Crippen LogP contribution in [0.25, 0.3) is 21.7 Å². The molecule has 338 valence electrons. The van der Waals surface area contributed by atoms with Crippen molar-refractivity contribution < 1.29 is 19.2 Å². The van der Waals surface area contributed by atoms with E-state index in [-0.39, 0.29) is 29.7 Å². The summed E-state index contributed by atoms with van der Waals surface area (Å²) in [7, 11) is 1.90. The Balaban J connectivity index is 0.727. The molecule has 0 bridgehead atoms. The smallest absolute Gasteiger partial charge is 0.252 e. The molecule has 0 saturated carbocycles. The predicted octanol–water partition coefficient (Wildman–Crippen LogP) is 7.02. The normalized spacial score (nSPS) is 21.0. The van der Waals surface area contributed by atoms with Crippen LogP contribution in [0.15, 0.2) is 72.8 Å². The summed E-state index contributed by atoms with van der Waals surface area (Å²) in [4.78, 5) is 58.8. The van der Waals surface area contributed by atoms with Crippen LogP contribution in [0.3, 0.4) is 0 Å². The van der Waals surface area contributed by atoms with E-state index in [0.717, 1.165) is 128 Å². The molecule has 4 aliphatic rings. The molecule has 9 rings (SSSR count). The zero-order valence-electron chi connectivity index (χ0n) is 38.3. The van der Waals surface area contributed by atoms with Gasteiger partial charge in [-0.3, -0.25) is 29.2 Å². The minimum absolute atomic E-state index is 0.0552. The summed E-state index contributed by atoms with van der Waals surface area (Å²) in [5, 5.41) is 13.6. The molecule has 65 heavy (non-hydrogen) atoms. The van der Waals surface area contributed by atoms with E-state index in [9.17, 15) is 19.2 Å². The molecule has 1 aromatic heterocycles. The second-order valence-corrected chi connectivity index (χ2v) is 19.3. The monoisotopic (exact) mass is 874 g/mol. The molecule has 4 N–H and O–H groups in total. The highest BCUT2D eigenvalue weighted by Crippen LogP contribution is 2.38. The van der Waals surface area contributed by atoms with Crippen molar-refractivity contribution in [2.24, 2.45) is 24.8 Å². The van der Waals surface area contributed by atoms with Crippen LogP contribution in [0, 0.1) is 36.5 Å². The quantitative estimate of drug-likeness (QED) is 0.0858. The fourth-order valence-corrected chi connectivity index (χ4v) is 10.7. The number of rotatable bonds is 8. The molecule has 12 heteroatoms. The maximum atomic E-state index is 13.8. The van der Waals surface area contributed by atoms with E-state index in [1.54, 1.807) is 6.07 Å². The number of aromatic nitrogens is 2. The van der Waals surface area contributed by atoms with Crippen LogP contribution in [0.2, 0.25) is 0 Å². The van der Waals surface area contributed by atoms with Gasteiger partial charge in [-0.25, -0.2) is 0 Å². The molecule has 0 spiro atoms. The molecule has 4 amide bonds. The Labute approximate surface area is 382 Å². The van der Waals surface area contributed by atoms with Gasteiger partial charge in [0, 0.05) is 85.9 Å².